The van der Waals surface area contributed by atoms with Crippen molar-refractivity contribution in [2.45, 2.75) is 0 Å². The van der Waals surface area contributed by atoms with E-state index in [-0.39, 0.29) is 35.6 Å². The number of nitrogens with two attached hydrogens (primary N) is 2. The highest BCUT2D eigenvalue weighted by Crippen LogP contribution is 2.21. The van der Waals surface area contributed by atoms with Crippen LogP contribution in [-0.4, -0.2) is 46.5 Å². The molecular weight excluding hydrogens is 496 g/mol. The Kier molecular flexibility index (Phi) is 9.70. The van der Waals surface area contributed by atoms with Gasteiger partial charge in [-0.2, -0.15) is 0 Å². The average Bonchev–Trinajstić information content (AvgIpc) is 2.87. The van der Waals surface area contributed by atoms with Crippen LogP contribution in [0.1, 0.15) is 5.56 Å². The zero-order valence-corrected chi connectivity index (χ0v) is 20.5. The molecule has 0 heterocycles. The number of amidine groups is 1. The summed E-state index contributed by atoms with van der Waals surface area (Å²) in [5.74, 6) is 6.83. The summed E-state index contributed by atoms with van der Waals surface area (Å²) in [7, 11) is 0. The van der Waals surface area contributed by atoms with Crippen LogP contribution < -0.4 is 32.3 Å². The van der Waals surface area contributed by atoms with E-state index in [9.17, 15) is 14.9 Å². The number of benzene rings is 3. The molecule has 0 aliphatic rings. The predicted octanol–water partition coefficient (Wildman–Crippen LogP) is 2.29. The molecule has 0 saturated carbocycles. The molecule has 0 bridgehead atoms. The molecule has 0 radical (unpaired) electrons. The lowest BCUT2D eigenvalue weighted by Gasteiger charge is -2.15. The molecule has 0 atom stereocenters. The molecule has 0 aliphatic heterocycles. The van der Waals surface area contributed by atoms with E-state index < -0.39 is 4.92 Å². The van der Waals surface area contributed by atoms with Crippen molar-refractivity contribution in [1.82, 2.24) is 15.8 Å². The van der Waals surface area contributed by atoms with Gasteiger partial charge >= 0.3 is 0 Å². The third-order valence-electron chi connectivity index (χ3n) is 4.70. The Balaban J connectivity index is 1.40. The van der Waals surface area contributed by atoms with E-state index in [1.165, 1.54) is 12.1 Å². The number of hydrazine groups is 1. The number of non-ortho nitro benzene ring substituents is 1. The van der Waals surface area contributed by atoms with Crippen LogP contribution in [0.2, 0.25) is 0 Å². The third-order valence-corrected chi connectivity index (χ3v) is 4.94. The first-order chi connectivity index (χ1) is 17.8. The number of nitro benzene ring substituents is 1. The summed E-state index contributed by atoms with van der Waals surface area (Å²) >= 11 is 5.16. The van der Waals surface area contributed by atoms with Crippen LogP contribution >= 0.6 is 12.2 Å². The maximum Gasteiger partial charge on any atom is 0.271 e. The molecule has 37 heavy (non-hydrogen) atoms. The smallest absolute Gasteiger partial charge is 0.271 e. The first-order valence-electron chi connectivity index (χ1n) is 11.1. The number of para-hydroxylation sites is 1. The standard InChI is InChI=1S/C24H26N8O4S/c25-23(17-6-4-11-21(14-17)36-20-9-2-1-3-10-20)30-31(26)16-22(33)27-12-13-28-24(37)29-18-7-5-8-19(15-18)32(34)35/h1-11,14-15H,12-13,16,26H2,(H2,25,30)(H,27,33)(H2,28,29,37). The normalized spacial score (nSPS) is 10.8. The molecule has 0 unspecified atom stereocenters. The fourth-order valence-electron chi connectivity index (χ4n) is 3.03. The summed E-state index contributed by atoms with van der Waals surface area (Å²) in [6.07, 6.45) is 0. The van der Waals surface area contributed by atoms with Gasteiger partial charge in [-0.25, -0.2) is 11.0 Å². The van der Waals surface area contributed by atoms with Gasteiger partial charge in [-0.3, -0.25) is 14.9 Å². The van der Waals surface area contributed by atoms with E-state index in [0.29, 0.717) is 29.3 Å². The second kappa shape index (κ2) is 13.4. The molecule has 3 rings (SSSR count). The third kappa shape index (κ3) is 9.08. The predicted molar refractivity (Wildman–Crippen MR) is 145 cm³/mol. The fourth-order valence-corrected chi connectivity index (χ4v) is 3.25. The van der Waals surface area contributed by atoms with Crippen molar-refractivity contribution in [2.75, 3.05) is 25.0 Å². The molecule has 0 spiro atoms. The van der Waals surface area contributed by atoms with E-state index in [4.69, 9.17) is 28.5 Å². The summed E-state index contributed by atoms with van der Waals surface area (Å²) in [6, 6.07) is 22.3. The van der Waals surface area contributed by atoms with Gasteiger partial charge < -0.3 is 26.4 Å². The van der Waals surface area contributed by atoms with Gasteiger partial charge in [0.25, 0.3) is 5.69 Å². The number of hydrazone groups is 1. The van der Waals surface area contributed by atoms with Crippen molar-refractivity contribution in [1.29, 1.82) is 0 Å². The van der Waals surface area contributed by atoms with Gasteiger partial charge in [0, 0.05) is 36.5 Å². The van der Waals surface area contributed by atoms with Gasteiger partial charge in [0.15, 0.2) is 10.9 Å². The number of nitro groups is 1. The van der Waals surface area contributed by atoms with Crippen LogP contribution in [0.4, 0.5) is 11.4 Å². The fraction of sp³-hybridized carbons (Fsp3) is 0.125. The number of nitrogens with one attached hydrogen (secondary N) is 3. The van der Waals surface area contributed by atoms with Crippen LogP contribution in [0.15, 0.2) is 84.0 Å². The Morgan fingerprint density at radius 1 is 1.00 bits per heavy atom. The summed E-state index contributed by atoms with van der Waals surface area (Å²) in [5.41, 5.74) is 7.05. The lowest BCUT2D eigenvalue weighted by Crippen LogP contribution is -2.42. The van der Waals surface area contributed by atoms with Crippen molar-refractivity contribution in [3.05, 3.63) is 94.5 Å². The zero-order chi connectivity index (χ0) is 26.6. The van der Waals surface area contributed by atoms with Crippen molar-refractivity contribution in [3.8, 4) is 11.5 Å². The van der Waals surface area contributed by atoms with Gasteiger partial charge in [0.2, 0.25) is 5.91 Å². The number of hydrogen-bond donors (Lipinski definition) is 5. The molecule has 3 aromatic carbocycles. The first-order valence-corrected chi connectivity index (χ1v) is 11.5. The molecule has 3 aromatic rings. The monoisotopic (exact) mass is 522 g/mol. The number of carbonyl (C=O) groups is 1. The van der Waals surface area contributed by atoms with Crippen LogP contribution in [0, 0.1) is 10.1 Å². The van der Waals surface area contributed by atoms with Crippen LogP contribution in [0.3, 0.4) is 0 Å². The Bertz CT molecular complexity index is 1270. The number of thiocarbonyl (C=S) groups is 1. The summed E-state index contributed by atoms with van der Waals surface area (Å²) in [6.45, 7) is 0.343. The lowest BCUT2D eigenvalue weighted by atomic mass is 10.2. The lowest BCUT2D eigenvalue weighted by molar-refractivity contribution is -0.384. The Morgan fingerprint density at radius 3 is 2.46 bits per heavy atom. The van der Waals surface area contributed by atoms with E-state index in [2.05, 4.69) is 21.1 Å². The molecule has 7 N–H and O–H groups in total. The van der Waals surface area contributed by atoms with Crippen molar-refractivity contribution < 1.29 is 14.5 Å². The Hall–Kier alpha value is -4.75. The first kappa shape index (κ1) is 26.8. The van der Waals surface area contributed by atoms with Gasteiger partial charge in [-0.15, -0.1) is 5.10 Å². The van der Waals surface area contributed by atoms with E-state index in [1.54, 1.807) is 36.4 Å². The minimum Gasteiger partial charge on any atom is -0.457 e. The molecule has 0 aliphatic carbocycles. The SMILES string of the molecule is N/C(=N\N(N)CC(=O)NCCNC(=S)Nc1cccc([N+](=O)[O-])c1)c1cccc(Oc2ccccc2)c1. The molecule has 0 aromatic heterocycles. The highest BCUT2D eigenvalue weighted by molar-refractivity contribution is 7.80. The zero-order valence-electron chi connectivity index (χ0n) is 19.7. The summed E-state index contributed by atoms with van der Waals surface area (Å²) in [4.78, 5) is 22.5. The minimum absolute atomic E-state index is 0.0529. The van der Waals surface area contributed by atoms with E-state index in [1.807, 2.05) is 30.3 Å². The maximum atomic E-state index is 12.2. The van der Waals surface area contributed by atoms with Gasteiger partial charge in [-0.1, -0.05) is 36.4 Å². The molecule has 0 saturated heterocycles. The Labute approximate surface area is 218 Å². The summed E-state index contributed by atoms with van der Waals surface area (Å²) in [5, 5.41) is 24.5. The van der Waals surface area contributed by atoms with Gasteiger partial charge in [0.1, 0.15) is 18.0 Å². The highest BCUT2D eigenvalue weighted by atomic mass is 32.1. The number of ether oxygens (including phenoxy) is 1. The van der Waals surface area contributed by atoms with E-state index >= 15 is 0 Å². The van der Waals surface area contributed by atoms with Crippen LogP contribution in [-0.2, 0) is 4.79 Å². The minimum atomic E-state index is -0.493. The topological polar surface area (TPSA) is 173 Å². The molecular formula is C24H26N8O4S. The van der Waals surface area contributed by atoms with Crippen molar-refractivity contribution in [2.24, 2.45) is 16.7 Å². The second-order valence-electron chi connectivity index (χ2n) is 7.56. The number of amides is 1. The number of carbonyl (C=O) groups excluding carboxylic acids is 1. The van der Waals surface area contributed by atoms with Gasteiger partial charge in [0.05, 0.1) is 4.92 Å². The molecule has 1 amide bonds. The number of hydrogen-bond acceptors (Lipinski definition) is 8. The highest BCUT2D eigenvalue weighted by Gasteiger charge is 2.09. The van der Waals surface area contributed by atoms with Crippen LogP contribution in [0.5, 0.6) is 11.5 Å². The number of nitrogens with zero attached hydrogens (tertiary/aromatic N) is 3. The number of anilines is 1. The van der Waals surface area contributed by atoms with E-state index in [0.717, 1.165) is 5.12 Å². The molecule has 12 nitrogen and oxygen atoms in total. The van der Waals surface area contributed by atoms with Crippen LogP contribution in [0.25, 0.3) is 0 Å². The second-order valence-corrected chi connectivity index (χ2v) is 7.97. The molecule has 192 valence electrons. The maximum absolute atomic E-state index is 12.2. The largest absolute Gasteiger partial charge is 0.457 e. The van der Waals surface area contributed by atoms with Gasteiger partial charge in [-0.05, 0) is 42.5 Å². The number of rotatable bonds is 11. The summed E-state index contributed by atoms with van der Waals surface area (Å²) < 4.78 is 5.79. The molecule has 13 heteroatoms. The molecule has 0 fully saturated rings. The van der Waals surface area contributed by atoms with Crippen molar-refractivity contribution in [3.63, 3.8) is 0 Å². The quantitative estimate of drug-likeness (QED) is 0.0478. The average molecular weight is 523 g/mol. The Morgan fingerprint density at radius 2 is 1.70 bits per heavy atom. The van der Waals surface area contributed by atoms with Crippen molar-refractivity contribution >= 4 is 40.4 Å².